The number of halogens is 1. The monoisotopic (exact) mass is 306 g/mol. The number of hydrogen-bond donors (Lipinski definition) is 0. The Bertz CT molecular complexity index is 794. The molecule has 110 valence electrons. The van der Waals surface area contributed by atoms with Crippen molar-refractivity contribution < 1.29 is 0 Å². The summed E-state index contributed by atoms with van der Waals surface area (Å²) in [7, 11) is 0. The molecule has 3 aromatic carbocycles. The van der Waals surface area contributed by atoms with Crippen molar-refractivity contribution >= 4 is 11.6 Å². The van der Waals surface area contributed by atoms with Crippen molar-refractivity contribution in [2.24, 2.45) is 0 Å². The molecule has 3 rings (SSSR count). The van der Waals surface area contributed by atoms with Gasteiger partial charge in [-0.3, -0.25) is 0 Å². The highest BCUT2D eigenvalue weighted by molar-refractivity contribution is 6.34. The zero-order valence-corrected chi connectivity index (χ0v) is 13.9. The maximum atomic E-state index is 6.55. The van der Waals surface area contributed by atoms with Crippen molar-refractivity contribution in [3.63, 3.8) is 0 Å². The highest BCUT2D eigenvalue weighted by Crippen LogP contribution is 2.40. The van der Waals surface area contributed by atoms with Crippen molar-refractivity contribution in [1.82, 2.24) is 0 Å². The number of hydrogen-bond acceptors (Lipinski definition) is 0. The summed E-state index contributed by atoms with van der Waals surface area (Å²) in [5.41, 5.74) is 8.62. The third-order valence-corrected chi connectivity index (χ3v) is 4.34. The van der Waals surface area contributed by atoms with Crippen LogP contribution in [0.15, 0.2) is 60.7 Å². The average molecular weight is 307 g/mol. The quantitative estimate of drug-likeness (QED) is 0.500. The van der Waals surface area contributed by atoms with E-state index >= 15 is 0 Å². The fourth-order valence-electron chi connectivity index (χ4n) is 3.24. The molecular weight excluding hydrogens is 288 g/mol. The van der Waals surface area contributed by atoms with Gasteiger partial charge in [-0.25, -0.2) is 0 Å². The van der Waals surface area contributed by atoms with Gasteiger partial charge in [0.1, 0.15) is 0 Å². The Kier molecular flexibility index (Phi) is 4.04. The molecule has 0 fully saturated rings. The lowest BCUT2D eigenvalue weighted by Crippen LogP contribution is -1.93. The van der Waals surface area contributed by atoms with E-state index in [4.69, 9.17) is 11.6 Å². The Hall–Kier alpha value is -2.05. The van der Waals surface area contributed by atoms with E-state index in [1.807, 2.05) is 18.2 Å². The van der Waals surface area contributed by atoms with Crippen LogP contribution in [-0.2, 0) is 0 Å². The molecule has 0 atom stereocenters. The molecule has 0 bridgehead atoms. The van der Waals surface area contributed by atoms with Crippen molar-refractivity contribution in [3.8, 4) is 22.3 Å². The van der Waals surface area contributed by atoms with E-state index in [0.717, 1.165) is 16.1 Å². The van der Waals surface area contributed by atoms with Crippen LogP contribution in [0, 0.1) is 20.8 Å². The van der Waals surface area contributed by atoms with Crippen molar-refractivity contribution in [2.75, 3.05) is 0 Å². The molecule has 0 aliphatic carbocycles. The van der Waals surface area contributed by atoms with Crippen LogP contribution < -0.4 is 0 Å². The van der Waals surface area contributed by atoms with E-state index in [1.54, 1.807) is 0 Å². The summed E-state index contributed by atoms with van der Waals surface area (Å²) in [5, 5.41) is 0.795. The summed E-state index contributed by atoms with van der Waals surface area (Å²) < 4.78 is 0. The van der Waals surface area contributed by atoms with Gasteiger partial charge in [-0.15, -0.1) is 0 Å². The first-order valence-electron chi connectivity index (χ1n) is 7.50. The number of benzene rings is 3. The van der Waals surface area contributed by atoms with E-state index < -0.39 is 0 Å². The van der Waals surface area contributed by atoms with Gasteiger partial charge in [-0.05, 0) is 54.7 Å². The Labute approximate surface area is 137 Å². The molecule has 0 saturated heterocycles. The second-order valence-corrected chi connectivity index (χ2v) is 6.21. The minimum atomic E-state index is 0.795. The maximum absolute atomic E-state index is 6.55. The van der Waals surface area contributed by atoms with Gasteiger partial charge in [0.2, 0.25) is 0 Å². The van der Waals surface area contributed by atoms with Gasteiger partial charge < -0.3 is 0 Å². The van der Waals surface area contributed by atoms with Gasteiger partial charge in [-0.1, -0.05) is 71.8 Å². The van der Waals surface area contributed by atoms with Crippen LogP contribution in [0.25, 0.3) is 22.3 Å². The summed E-state index contributed by atoms with van der Waals surface area (Å²) in [6, 6.07) is 21.0. The third-order valence-electron chi connectivity index (χ3n) is 4.02. The van der Waals surface area contributed by atoms with E-state index in [2.05, 4.69) is 63.2 Å². The van der Waals surface area contributed by atoms with Gasteiger partial charge in [0.05, 0.1) is 0 Å². The summed E-state index contributed by atoms with van der Waals surface area (Å²) in [4.78, 5) is 0. The fourth-order valence-corrected chi connectivity index (χ4v) is 3.52. The smallest absolute Gasteiger partial charge is 0.0490 e. The first kappa shape index (κ1) is 14.9. The summed E-state index contributed by atoms with van der Waals surface area (Å²) in [6.07, 6.45) is 0. The highest BCUT2D eigenvalue weighted by Gasteiger charge is 2.14. The molecular formula is C21H19Cl. The van der Waals surface area contributed by atoms with Crippen molar-refractivity contribution in [1.29, 1.82) is 0 Å². The van der Waals surface area contributed by atoms with E-state index in [-0.39, 0.29) is 0 Å². The molecule has 3 aromatic rings. The van der Waals surface area contributed by atoms with E-state index in [1.165, 1.54) is 27.8 Å². The molecule has 0 spiro atoms. The first-order chi connectivity index (χ1) is 10.6. The van der Waals surface area contributed by atoms with Crippen LogP contribution in [0.2, 0.25) is 5.02 Å². The standard InChI is InChI=1S/C21H19Cl/c1-14-12-15(2)20(16(3)13-14)18-10-7-11-19(22)21(18)17-8-5-4-6-9-17/h4-13H,1-3H3. The minimum absolute atomic E-state index is 0.795. The predicted molar refractivity (Wildman–Crippen MR) is 96.5 cm³/mol. The Morgan fingerprint density at radius 1 is 0.682 bits per heavy atom. The van der Waals surface area contributed by atoms with Gasteiger partial charge in [0, 0.05) is 10.6 Å². The Balaban J connectivity index is 2.32. The Morgan fingerprint density at radius 3 is 1.95 bits per heavy atom. The van der Waals surface area contributed by atoms with E-state index in [9.17, 15) is 0 Å². The minimum Gasteiger partial charge on any atom is -0.0836 e. The average Bonchev–Trinajstić information content (AvgIpc) is 2.47. The lowest BCUT2D eigenvalue weighted by atomic mass is 9.88. The molecule has 0 amide bonds. The topological polar surface area (TPSA) is 0 Å². The zero-order valence-electron chi connectivity index (χ0n) is 13.2. The molecule has 1 heteroatoms. The van der Waals surface area contributed by atoms with E-state index in [0.29, 0.717) is 0 Å². The normalized spacial score (nSPS) is 10.7. The van der Waals surface area contributed by atoms with Crippen LogP contribution >= 0.6 is 11.6 Å². The molecule has 0 unspecified atom stereocenters. The lowest BCUT2D eigenvalue weighted by molar-refractivity contribution is 1.32. The SMILES string of the molecule is Cc1cc(C)c(-c2cccc(Cl)c2-c2ccccc2)c(C)c1. The van der Waals surface area contributed by atoms with Crippen LogP contribution in [0.4, 0.5) is 0 Å². The lowest BCUT2D eigenvalue weighted by Gasteiger charge is -2.17. The van der Waals surface area contributed by atoms with Crippen LogP contribution in [0.5, 0.6) is 0 Å². The molecule has 0 aromatic heterocycles. The van der Waals surface area contributed by atoms with Gasteiger partial charge in [0.25, 0.3) is 0 Å². The predicted octanol–water partition coefficient (Wildman–Crippen LogP) is 6.60. The van der Waals surface area contributed by atoms with Crippen molar-refractivity contribution in [2.45, 2.75) is 20.8 Å². The molecule has 0 heterocycles. The molecule has 22 heavy (non-hydrogen) atoms. The number of aryl methyl sites for hydroxylation is 3. The molecule has 0 aliphatic heterocycles. The Morgan fingerprint density at radius 2 is 1.32 bits per heavy atom. The van der Waals surface area contributed by atoms with Crippen LogP contribution in [0.3, 0.4) is 0 Å². The van der Waals surface area contributed by atoms with Gasteiger partial charge in [0.15, 0.2) is 0 Å². The van der Waals surface area contributed by atoms with Gasteiger partial charge >= 0.3 is 0 Å². The van der Waals surface area contributed by atoms with Crippen LogP contribution in [0.1, 0.15) is 16.7 Å². The molecule has 0 N–H and O–H groups in total. The maximum Gasteiger partial charge on any atom is 0.0490 e. The second-order valence-electron chi connectivity index (χ2n) is 5.80. The largest absolute Gasteiger partial charge is 0.0836 e. The fraction of sp³-hybridized carbons (Fsp3) is 0.143. The van der Waals surface area contributed by atoms with Crippen LogP contribution in [-0.4, -0.2) is 0 Å². The first-order valence-corrected chi connectivity index (χ1v) is 7.88. The molecule has 0 nitrogen and oxygen atoms in total. The highest BCUT2D eigenvalue weighted by atomic mass is 35.5. The molecule has 0 aliphatic rings. The number of rotatable bonds is 2. The molecule has 0 radical (unpaired) electrons. The second kappa shape index (κ2) is 5.98. The summed E-state index contributed by atoms with van der Waals surface area (Å²) in [5.74, 6) is 0. The molecule has 0 saturated carbocycles. The zero-order chi connectivity index (χ0) is 15.7. The summed E-state index contributed by atoms with van der Waals surface area (Å²) in [6.45, 7) is 6.48. The van der Waals surface area contributed by atoms with Gasteiger partial charge in [-0.2, -0.15) is 0 Å². The summed E-state index contributed by atoms with van der Waals surface area (Å²) >= 11 is 6.55. The third kappa shape index (κ3) is 2.67. The van der Waals surface area contributed by atoms with Crippen molar-refractivity contribution in [3.05, 3.63) is 82.4 Å².